The van der Waals surface area contributed by atoms with Crippen molar-refractivity contribution < 1.29 is 28.5 Å². The van der Waals surface area contributed by atoms with Gasteiger partial charge in [-0.05, 0) is 65.1 Å². The van der Waals surface area contributed by atoms with Crippen LogP contribution in [0.25, 0.3) is 10.8 Å². The van der Waals surface area contributed by atoms with Crippen LogP contribution in [0.3, 0.4) is 0 Å². The average molecular weight is 553 g/mol. The van der Waals surface area contributed by atoms with Gasteiger partial charge in [0, 0.05) is 19.2 Å². The maximum atomic E-state index is 16.3. The molecule has 0 bridgehead atoms. The van der Waals surface area contributed by atoms with Gasteiger partial charge in [-0.25, -0.2) is 9.18 Å². The fourth-order valence-electron chi connectivity index (χ4n) is 5.40. The van der Waals surface area contributed by atoms with Crippen LogP contribution in [0.5, 0.6) is 5.75 Å². The molecule has 1 aliphatic rings. The molecule has 8 heteroatoms. The molecule has 0 saturated carbocycles. The Morgan fingerprint density at radius 2 is 1.90 bits per heavy atom. The van der Waals surface area contributed by atoms with Gasteiger partial charge in [0.05, 0.1) is 13.2 Å². The summed E-state index contributed by atoms with van der Waals surface area (Å²) in [7, 11) is 1.58. The van der Waals surface area contributed by atoms with E-state index in [9.17, 15) is 9.90 Å². The lowest BCUT2D eigenvalue weighted by Crippen LogP contribution is -2.41. The van der Waals surface area contributed by atoms with E-state index in [-0.39, 0.29) is 30.3 Å². The van der Waals surface area contributed by atoms with E-state index in [1.807, 2.05) is 18.2 Å². The lowest BCUT2D eigenvalue weighted by atomic mass is 9.84. The van der Waals surface area contributed by atoms with Gasteiger partial charge in [-0.2, -0.15) is 0 Å². The molecule has 0 saturated heterocycles. The van der Waals surface area contributed by atoms with Crippen molar-refractivity contribution in [2.45, 2.75) is 65.1 Å². The number of benzene rings is 3. The van der Waals surface area contributed by atoms with Crippen molar-refractivity contribution in [3.8, 4) is 5.75 Å². The fourth-order valence-corrected chi connectivity index (χ4v) is 5.40. The summed E-state index contributed by atoms with van der Waals surface area (Å²) < 4.78 is 32.5. The lowest BCUT2D eigenvalue weighted by molar-refractivity contribution is -0.140. The zero-order valence-electron chi connectivity index (χ0n) is 24.1. The molecule has 216 valence electrons. The highest BCUT2D eigenvalue weighted by molar-refractivity contribution is 5.86. The zero-order chi connectivity index (χ0) is 28.9. The summed E-state index contributed by atoms with van der Waals surface area (Å²) in [6, 6.07) is 15.6. The Balaban J connectivity index is 1.59. The number of methoxy groups -OCH3 is 1. The molecule has 0 heterocycles. The van der Waals surface area contributed by atoms with Crippen LogP contribution in [-0.4, -0.2) is 50.3 Å². The van der Waals surface area contributed by atoms with Gasteiger partial charge in [-0.1, -0.05) is 63.2 Å². The smallest absolute Gasteiger partial charge is 0.326 e. The summed E-state index contributed by atoms with van der Waals surface area (Å²) in [6.07, 6.45) is 2.01. The number of hydrogen-bond donors (Lipinski definition) is 3. The number of hydrogen-bond acceptors (Lipinski definition) is 6. The van der Waals surface area contributed by atoms with Crippen LogP contribution >= 0.6 is 0 Å². The van der Waals surface area contributed by atoms with Gasteiger partial charge < -0.3 is 30.0 Å². The minimum absolute atomic E-state index is 0.0548. The second kappa shape index (κ2) is 13.0. The molecule has 40 heavy (non-hydrogen) atoms. The van der Waals surface area contributed by atoms with Crippen LogP contribution in [-0.2, 0) is 27.1 Å². The molecule has 0 aromatic heterocycles. The van der Waals surface area contributed by atoms with Gasteiger partial charge in [0.1, 0.15) is 17.5 Å². The second-order valence-corrected chi connectivity index (χ2v) is 11.5. The highest BCUT2D eigenvalue weighted by atomic mass is 19.1. The molecular formula is C32H41FN2O5. The quantitative estimate of drug-likeness (QED) is 0.185. The third-order valence-electron chi connectivity index (χ3n) is 7.54. The fraction of sp³-hybridized carbons (Fsp3) is 0.469. The van der Waals surface area contributed by atoms with Gasteiger partial charge in [-0.15, -0.1) is 0 Å². The largest absolute Gasteiger partial charge is 0.480 e. The van der Waals surface area contributed by atoms with Gasteiger partial charge in [0.2, 0.25) is 0 Å². The number of aryl methyl sites for hydroxylation is 1. The minimum Gasteiger partial charge on any atom is -0.480 e. The van der Waals surface area contributed by atoms with Gasteiger partial charge in [0.25, 0.3) is 0 Å². The third-order valence-corrected chi connectivity index (χ3v) is 7.54. The SMILES string of the molecule is COCCOCOc1cc2c(c(F)c1NC(C(=O)O)C(C)(C)C)C[C@H](N[C@@H](C)c1cccc3ccccc13)CC2. The number of rotatable bonds is 12. The van der Waals surface area contributed by atoms with Crippen molar-refractivity contribution in [2.75, 3.05) is 32.4 Å². The molecule has 3 aromatic rings. The summed E-state index contributed by atoms with van der Waals surface area (Å²) >= 11 is 0. The van der Waals surface area contributed by atoms with Crippen LogP contribution in [0.4, 0.5) is 10.1 Å². The van der Waals surface area contributed by atoms with Crippen LogP contribution in [0, 0.1) is 11.2 Å². The van der Waals surface area contributed by atoms with Crippen molar-refractivity contribution in [3.63, 3.8) is 0 Å². The number of halogens is 1. The van der Waals surface area contributed by atoms with E-state index < -0.39 is 23.2 Å². The first-order chi connectivity index (χ1) is 19.1. The van der Waals surface area contributed by atoms with Crippen molar-refractivity contribution >= 4 is 22.4 Å². The van der Waals surface area contributed by atoms with Gasteiger partial charge >= 0.3 is 5.97 Å². The molecule has 0 fully saturated rings. The van der Waals surface area contributed by atoms with Crippen molar-refractivity contribution in [1.29, 1.82) is 0 Å². The predicted octanol–water partition coefficient (Wildman–Crippen LogP) is 6.10. The van der Waals surface area contributed by atoms with Crippen molar-refractivity contribution in [3.05, 3.63) is 71.0 Å². The lowest BCUT2D eigenvalue weighted by Gasteiger charge is -2.32. The summed E-state index contributed by atoms with van der Waals surface area (Å²) in [5, 5.41) is 19.0. The first kappa shape index (κ1) is 29.8. The molecule has 1 aliphatic carbocycles. The summed E-state index contributed by atoms with van der Waals surface area (Å²) in [4.78, 5) is 12.1. The molecule has 0 amide bonds. The molecule has 3 aromatic carbocycles. The maximum absolute atomic E-state index is 16.3. The van der Waals surface area contributed by atoms with E-state index in [2.05, 4.69) is 47.9 Å². The van der Waals surface area contributed by atoms with Crippen molar-refractivity contribution in [2.24, 2.45) is 5.41 Å². The highest BCUT2D eigenvalue weighted by Gasteiger charge is 2.34. The number of carbonyl (C=O) groups is 1. The Morgan fingerprint density at radius 1 is 1.15 bits per heavy atom. The number of aliphatic carboxylic acids is 1. The van der Waals surface area contributed by atoms with Gasteiger partial charge in [0.15, 0.2) is 12.6 Å². The normalized spacial score (nSPS) is 16.8. The molecule has 0 aliphatic heterocycles. The molecule has 0 spiro atoms. The average Bonchev–Trinajstić information content (AvgIpc) is 2.91. The molecule has 3 atom stereocenters. The standard InChI is InChI=1S/C32H41FN2O5/c1-20(24-12-8-10-21-9-6-7-11-25(21)24)34-23-14-13-22-17-27(40-19-39-16-15-38-5)29(28(33)26(22)18-23)35-30(31(36)37)32(2,3)4/h6-12,17,20,23,30,34-35H,13-16,18-19H2,1-5H3,(H,36,37)/t20-,23+,30?/m0/s1. The van der Waals surface area contributed by atoms with Crippen molar-refractivity contribution in [1.82, 2.24) is 5.32 Å². The monoisotopic (exact) mass is 552 g/mol. The van der Waals surface area contributed by atoms with Crippen LogP contribution in [0.1, 0.15) is 56.8 Å². The second-order valence-electron chi connectivity index (χ2n) is 11.5. The molecular weight excluding hydrogens is 511 g/mol. The Labute approximate surface area is 236 Å². The summed E-state index contributed by atoms with van der Waals surface area (Å²) in [5.41, 5.74) is 2.05. The number of carboxylic acid groups (broad SMARTS) is 1. The topological polar surface area (TPSA) is 89.0 Å². The maximum Gasteiger partial charge on any atom is 0.326 e. The number of fused-ring (bicyclic) bond motifs is 2. The molecule has 7 nitrogen and oxygen atoms in total. The van der Waals surface area contributed by atoms with Gasteiger partial charge in [-0.3, -0.25) is 0 Å². The van der Waals surface area contributed by atoms with Crippen LogP contribution < -0.4 is 15.4 Å². The molecule has 3 N–H and O–H groups in total. The number of nitrogens with one attached hydrogen (secondary N) is 2. The highest BCUT2D eigenvalue weighted by Crippen LogP contribution is 2.39. The van der Waals surface area contributed by atoms with E-state index in [0.29, 0.717) is 31.6 Å². The third kappa shape index (κ3) is 6.92. The Kier molecular flexibility index (Phi) is 9.66. The number of ether oxygens (including phenoxy) is 3. The van der Waals surface area contributed by atoms with Crippen LogP contribution in [0.2, 0.25) is 0 Å². The number of anilines is 1. The zero-order valence-corrected chi connectivity index (χ0v) is 24.1. The Morgan fingerprint density at radius 3 is 2.62 bits per heavy atom. The molecule has 0 radical (unpaired) electrons. The predicted molar refractivity (Wildman–Crippen MR) is 156 cm³/mol. The number of carboxylic acids is 1. The van der Waals surface area contributed by atoms with E-state index in [4.69, 9.17) is 14.2 Å². The Hall–Kier alpha value is -3.20. The summed E-state index contributed by atoms with van der Waals surface area (Å²) in [6.45, 7) is 8.19. The first-order valence-electron chi connectivity index (χ1n) is 13.9. The molecule has 1 unspecified atom stereocenters. The Bertz CT molecular complexity index is 1320. The van der Waals surface area contributed by atoms with Crippen LogP contribution in [0.15, 0.2) is 48.5 Å². The van der Waals surface area contributed by atoms with E-state index in [0.717, 1.165) is 12.0 Å². The van der Waals surface area contributed by atoms with E-state index in [1.54, 1.807) is 27.9 Å². The summed E-state index contributed by atoms with van der Waals surface area (Å²) in [5.74, 6) is -1.28. The molecule has 4 rings (SSSR count). The van der Waals surface area contributed by atoms with E-state index in [1.165, 1.54) is 16.3 Å². The minimum atomic E-state index is -1.06. The first-order valence-corrected chi connectivity index (χ1v) is 13.9. The van der Waals surface area contributed by atoms with E-state index >= 15 is 4.39 Å².